The van der Waals surface area contributed by atoms with Gasteiger partial charge in [-0.05, 0) is 218 Å². The van der Waals surface area contributed by atoms with Gasteiger partial charge in [-0.3, -0.25) is 24.5 Å². The summed E-state index contributed by atoms with van der Waals surface area (Å²) in [5.74, 6) is 11.7. The Morgan fingerprint density at radius 3 is 0.928 bits per heavy atom. The maximum Gasteiger partial charge on any atom is 0.0366 e. The molecule has 0 saturated heterocycles. The highest BCUT2D eigenvalue weighted by Crippen LogP contribution is 2.27. The van der Waals surface area contributed by atoms with Crippen molar-refractivity contribution in [1.82, 2.24) is 76.8 Å². The molecule has 0 spiro atoms. The molecule has 8 N–H and O–H groups in total. The van der Waals surface area contributed by atoms with Crippen LogP contribution < -0.4 is 47.4 Å². The lowest BCUT2D eigenvalue weighted by Crippen LogP contribution is -2.44. The van der Waals surface area contributed by atoms with Crippen LogP contribution in [0.1, 0.15) is 218 Å². The molecule has 1 unspecified atom stereocenters. The van der Waals surface area contributed by atoms with Crippen molar-refractivity contribution in [2.45, 2.75) is 242 Å². The van der Waals surface area contributed by atoms with E-state index in [1.165, 1.54) is 258 Å². The summed E-state index contributed by atoms with van der Waals surface area (Å²) < 4.78 is 0. The van der Waals surface area contributed by atoms with Gasteiger partial charge < -0.3 is 57.2 Å². The minimum absolute atomic E-state index is 0.302. The zero-order valence-corrected chi connectivity index (χ0v) is 92.4. The Morgan fingerprint density at radius 1 is 0.312 bits per heavy atom. The van der Waals surface area contributed by atoms with Gasteiger partial charge in [0.1, 0.15) is 0 Å². The lowest BCUT2D eigenvalue weighted by atomic mass is 9.89. The van der Waals surface area contributed by atoms with Crippen LogP contribution in [0.15, 0.2) is 60.7 Å². The molecular formula is C101H210N16S8. The van der Waals surface area contributed by atoms with E-state index in [-0.39, 0.29) is 0 Å². The molecule has 4 aliphatic rings. The number of hydrogen-bond donors (Lipinski definition) is 8. The predicted octanol–water partition coefficient (Wildman–Crippen LogP) is 19.1. The van der Waals surface area contributed by atoms with Gasteiger partial charge in [-0.15, -0.1) is 0 Å². The fourth-order valence-electron chi connectivity index (χ4n) is 16.4. The molecule has 1 atom stereocenters. The van der Waals surface area contributed by atoms with Gasteiger partial charge >= 0.3 is 0 Å². The molecule has 125 heavy (non-hydrogen) atoms. The highest BCUT2D eigenvalue weighted by atomic mass is 32.2. The van der Waals surface area contributed by atoms with Crippen LogP contribution in [-0.4, -0.2) is 377 Å². The van der Waals surface area contributed by atoms with Crippen molar-refractivity contribution >= 4 is 99.8 Å². The molecular weight excluding hydrogens is 1690 g/mol. The second-order valence-electron chi connectivity index (χ2n) is 34.8. The smallest absolute Gasteiger partial charge is 0.0366 e. The van der Waals surface area contributed by atoms with Gasteiger partial charge in [0.25, 0.3) is 0 Å². The molecule has 0 aromatic heterocycles. The maximum atomic E-state index is 3.53. The van der Waals surface area contributed by atoms with Gasteiger partial charge in [-0.25, -0.2) is 0 Å². The van der Waals surface area contributed by atoms with Crippen molar-refractivity contribution in [3.8, 4) is 0 Å². The monoisotopic (exact) mass is 1900 g/mol. The lowest BCUT2D eigenvalue weighted by molar-refractivity contribution is 0.146. The Balaban J connectivity index is 0. The maximum absolute atomic E-state index is 3.53. The van der Waals surface area contributed by atoms with E-state index in [0.29, 0.717) is 5.54 Å². The molecule has 4 aliphatic carbocycles. The molecule has 4 saturated carbocycles. The number of thioether (sulfide) groups is 8. The van der Waals surface area contributed by atoms with Crippen molar-refractivity contribution < 1.29 is 0 Å². The third kappa shape index (κ3) is 78.2. The number of nitrogens with one attached hydrogen (secondary N) is 8. The fraction of sp³-hybridized carbons (Fsp3) is 0.881. The van der Waals surface area contributed by atoms with Crippen molar-refractivity contribution in [1.29, 1.82) is 0 Å². The molecule has 742 valence electrons. The van der Waals surface area contributed by atoms with E-state index in [4.69, 9.17) is 0 Å². The SMILES string of the molecule is CCC(C)N(CC)CCNCCSC.CCN(CCNCCSC)C(C)(C)C.CCN(CCNCCSC)C1CCCC1.CCN(CCNCCSC)C1CCCCC1.CCN(CCNCCSC)CC1CCCC1.CCN(CCNCCSC)CC1CCCCC1.CCN(CCNCCSC)Cc1ccccc1.CCN(CCNCCSC)c1ccccc1. The minimum atomic E-state index is 0.302. The summed E-state index contributed by atoms with van der Waals surface area (Å²) in [5.41, 5.74) is 3.02. The van der Waals surface area contributed by atoms with Crippen molar-refractivity contribution in [3.05, 3.63) is 66.2 Å². The molecule has 0 amide bonds. The van der Waals surface area contributed by atoms with Crippen molar-refractivity contribution in [3.63, 3.8) is 0 Å². The summed E-state index contributed by atoms with van der Waals surface area (Å²) in [6, 6.07) is 23.8. The Hall–Kier alpha value is 0.440. The molecule has 0 heterocycles. The molecule has 6 rings (SSSR count). The summed E-state index contributed by atoms with van der Waals surface area (Å²) in [6.45, 7) is 70.1. The number of likely N-dealkylation sites (N-methyl/N-ethyl adjacent to an activating group) is 8. The normalized spacial score (nSPS) is 14.8. The second kappa shape index (κ2) is 97.5. The van der Waals surface area contributed by atoms with Gasteiger partial charge in [-0.1, -0.05) is 168 Å². The van der Waals surface area contributed by atoms with Crippen LogP contribution in [0.25, 0.3) is 0 Å². The average molecular weight is 1910 g/mol. The van der Waals surface area contributed by atoms with E-state index >= 15 is 0 Å². The number of benzene rings is 2. The summed E-state index contributed by atoms with van der Waals surface area (Å²) in [4.78, 5) is 20.5. The molecule has 0 bridgehead atoms. The van der Waals surface area contributed by atoms with Gasteiger partial charge in [0.2, 0.25) is 0 Å². The third-order valence-electron chi connectivity index (χ3n) is 24.5. The van der Waals surface area contributed by atoms with Gasteiger partial charge in [0.05, 0.1) is 0 Å². The van der Waals surface area contributed by atoms with Crippen LogP contribution in [0, 0.1) is 11.8 Å². The Labute approximate surface area is 813 Å². The van der Waals surface area contributed by atoms with Gasteiger partial charge in [0, 0.05) is 259 Å². The zero-order chi connectivity index (χ0) is 92.4. The van der Waals surface area contributed by atoms with E-state index in [0.717, 1.165) is 180 Å². The molecule has 2 aromatic rings. The highest BCUT2D eigenvalue weighted by molar-refractivity contribution is 8.00. The van der Waals surface area contributed by atoms with Crippen LogP contribution in [0.2, 0.25) is 0 Å². The van der Waals surface area contributed by atoms with Gasteiger partial charge in [-0.2, -0.15) is 94.1 Å². The number of nitrogens with zero attached hydrogens (tertiary/aromatic N) is 8. The lowest BCUT2D eigenvalue weighted by Gasteiger charge is -2.34. The molecule has 16 nitrogen and oxygen atoms in total. The topological polar surface area (TPSA) is 122 Å². The molecule has 2 aromatic carbocycles. The van der Waals surface area contributed by atoms with Crippen LogP contribution >= 0.6 is 94.1 Å². The van der Waals surface area contributed by atoms with E-state index in [1.807, 2.05) is 94.1 Å². The average Bonchev–Trinajstić information content (AvgIpc) is 1.89. The van der Waals surface area contributed by atoms with Crippen molar-refractivity contribution in [2.75, 3.05) is 323 Å². The first-order chi connectivity index (χ1) is 61.0. The molecule has 0 aliphatic heterocycles. The number of hydrogen-bond acceptors (Lipinski definition) is 24. The van der Waals surface area contributed by atoms with E-state index < -0.39 is 0 Å². The summed E-state index contributed by atoms with van der Waals surface area (Å²) in [7, 11) is 0. The zero-order valence-electron chi connectivity index (χ0n) is 85.8. The molecule has 4 fully saturated rings. The van der Waals surface area contributed by atoms with Crippen molar-refractivity contribution in [2.24, 2.45) is 11.8 Å². The second-order valence-corrected chi connectivity index (χ2v) is 42.7. The summed E-state index contributed by atoms with van der Waals surface area (Å²) in [6.07, 6.45) is 44.7. The number of rotatable bonds is 67. The van der Waals surface area contributed by atoms with E-state index in [2.05, 4.69) is 282 Å². The largest absolute Gasteiger partial charge is 0.371 e. The summed E-state index contributed by atoms with van der Waals surface area (Å²) >= 11 is 15.2. The van der Waals surface area contributed by atoms with Crippen LogP contribution in [0.5, 0.6) is 0 Å². The molecule has 0 radical (unpaired) electrons. The number of para-hydroxylation sites is 1. The first-order valence-electron chi connectivity index (χ1n) is 50.6. The fourth-order valence-corrected chi connectivity index (χ4v) is 19.2. The number of anilines is 1. The Bertz CT molecular complexity index is 2370. The van der Waals surface area contributed by atoms with E-state index in [1.54, 1.807) is 0 Å². The predicted molar refractivity (Wildman–Crippen MR) is 592 cm³/mol. The third-order valence-corrected chi connectivity index (χ3v) is 29.4. The highest BCUT2D eigenvalue weighted by Gasteiger charge is 2.23. The standard InChI is InChI=1S/C14H30N2S.C14H24N2S.2C13H28N2S.C13H22N2S.C12H26N2S.2C11H26N2S/c2*1-3-16(11-9-15-10-12-17-2)13-14-7-5-4-6-8-14;1-3-15(10-8-14-9-11-16-2)12-13-6-4-5-7-13;2*1-3-15(11-9-14-10-12-16-2)13-7-5-4-6-8-13;1-3-14(12-6-4-5-7-12)10-8-13-9-11-15-2;1-6-13(11(2,3)4)9-7-12-8-10-14-5;1-5-11(3)13(6-2)9-7-12-8-10-14-4/h14-15H,3-13H2,1-2H3;4-8,15H,3,9-13H2,1-2H3;2*13-14H,3-12H2,1-2H3;4-8,14H,3,9-12H2,1-2H3;12-13H,3-11H2,1-2H3;12H,6-10H2,1-5H3;11-12H,5-10H2,1-4H3. The van der Waals surface area contributed by atoms with Crippen LogP contribution in [0.4, 0.5) is 5.69 Å². The first-order valence-corrected chi connectivity index (χ1v) is 61.7. The quantitative estimate of drug-likeness (QED) is 0.0300. The molecule has 24 heteroatoms. The van der Waals surface area contributed by atoms with Crippen LogP contribution in [0.3, 0.4) is 0 Å². The Kier molecular flexibility index (Phi) is 99.5. The van der Waals surface area contributed by atoms with Gasteiger partial charge in [0.15, 0.2) is 0 Å². The van der Waals surface area contributed by atoms with E-state index in [9.17, 15) is 0 Å². The van der Waals surface area contributed by atoms with Crippen LogP contribution in [-0.2, 0) is 6.54 Å². The minimum Gasteiger partial charge on any atom is -0.371 e. The summed E-state index contributed by atoms with van der Waals surface area (Å²) in [5, 5.41) is 27.9. The first kappa shape index (κ1) is 127. The Morgan fingerprint density at radius 2 is 0.616 bits per heavy atom.